The molecule has 0 saturated carbocycles. The largest absolute Gasteiger partial charge is 0.497 e. The summed E-state index contributed by atoms with van der Waals surface area (Å²) in [7, 11) is 2.89. The van der Waals surface area contributed by atoms with Crippen LogP contribution in [0.25, 0.3) is 0 Å². The van der Waals surface area contributed by atoms with E-state index in [4.69, 9.17) is 25.8 Å². The Morgan fingerprint density at radius 1 is 0.838 bits per heavy atom. The molecule has 9 heteroatoms. The van der Waals surface area contributed by atoms with Crippen molar-refractivity contribution in [2.45, 2.75) is 11.7 Å². The van der Waals surface area contributed by atoms with E-state index in [1.165, 1.54) is 32.4 Å². The highest BCUT2D eigenvalue weighted by molar-refractivity contribution is 6.37. The molecule has 6 rings (SSSR count). The third kappa shape index (κ3) is 3.00. The summed E-state index contributed by atoms with van der Waals surface area (Å²) in [6, 6.07) is 17.7. The molecule has 3 aliphatic rings. The zero-order valence-electron chi connectivity index (χ0n) is 19.8. The number of nitrogens with zero attached hydrogens (tertiary/aromatic N) is 1. The topological polar surface area (TPSA) is 99.2 Å². The molecule has 186 valence electrons. The molecule has 0 N–H and O–H groups in total. The molecular weight excluding hydrogens is 498 g/mol. The quantitative estimate of drug-likeness (QED) is 0.380. The van der Waals surface area contributed by atoms with Gasteiger partial charge in [-0.25, -0.2) is 4.90 Å². The molecule has 3 aromatic carbocycles. The maximum atomic E-state index is 14.1. The van der Waals surface area contributed by atoms with Crippen LogP contribution in [0.4, 0.5) is 5.69 Å². The van der Waals surface area contributed by atoms with E-state index in [2.05, 4.69) is 0 Å². The SMILES string of the molecule is COc1ccc(N2C(=O)[C@@H]3[C@@H](c4ccccc4Cl)OC4(C(=O)c5ccccc5C4=O)[C@@H]3C2=O)c(OC)c1. The van der Waals surface area contributed by atoms with Crippen LogP contribution in [0.2, 0.25) is 5.02 Å². The summed E-state index contributed by atoms with van der Waals surface area (Å²) in [6.45, 7) is 0. The van der Waals surface area contributed by atoms with Gasteiger partial charge in [0.15, 0.2) is 0 Å². The monoisotopic (exact) mass is 517 g/mol. The Morgan fingerprint density at radius 2 is 1.49 bits per heavy atom. The number of hydrogen-bond donors (Lipinski definition) is 0. The van der Waals surface area contributed by atoms with Gasteiger partial charge >= 0.3 is 0 Å². The van der Waals surface area contributed by atoms with Crippen molar-refractivity contribution >= 4 is 40.7 Å². The Hall–Kier alpha value is -4.01. The van der Waals surface area contributed by atoms with Crippen LogP contribution >= 0.6 is 11.6 Å². The smallest absolute Gasteiger partial charge is 0.241 e. The van der Waals surface area contributed by atoms with Crippen molar-refractivity contribution in [1.29, 1.82) is 0 Å². The first-order chi connectivity index (χ1) is 17.8. The maximum Gasteiger partial charge on any atom is 0.241 e. The number of fused-ring (bicyclic) bond motifs is 3. The van der Waals surface area contributed by atoms with Gasteiger partial charge in [-0.3, -0.25) is 19.2 Å². The molecule has 0 unspecified atom stereocenters. The minimum absolute atomic E-state index is 0.159. The van der Waals surface area contributed by atoms with Crippen molar-refractivity contribution in [3.63, 3.8) is 0 Å². The summed E-state index contributed by atoms with van der Waals surface area (Å²) in [4.78, 5) is 56.7. The average molecular weight is 518 g/mol. The van der Waals surface area contributed by atoms with Crippen molar-refractivity contribution in [2.24, 2.45) is 11.8 Å². The molecule has 2 amide bonds. The van der Waals surface area contributed by atoms with Crippen LogP contribution in [-0.4, -0.2) is 43.2 Å². The number of rotatable bonds is 4. The number of imide groups is 1. The van der Waals surface area contributed by atoms with Crippen LogP contribution in [0, 0.1) is 11.8 Å². The van der Waals surface area contributed by atoms with E-state index in [-0.39, 0.29) is 22.6 Å². The first kappa shape index (κ1) is 23.4. The molecule has 3 atom stereocenters. The normalized spacial score (nSPS) is 23.5. The lowest BCUT2D eigenvalue weighted by atomic mass is 9.77. The van der Waals surface area contributed by atoms with E-state index in [9.17, 15) is 19.2 Å². The molecule has 3 aromatic rings. The molecule has 1 aliphatic carbocycles. The Morgan fingerprint density at radius 3 is 2.11 bits per heavy atom. The van der Waals surface area contributed by atoms with Gasteiger partial charge in [-0.2, -0.15) is 0 Å². The third-order valence-electron chi connectivity index (χ3n) is 7.36. The Kier molecular flexibility index (Phi) is 5.22. The van der Waals surface area contributed by atoms with Crippen LogP contribution in [-0.2, 0) is 14.3 Å². The van der Waals surface area contributed by atoms with Crippen LogP contribution in [0.5, 0.6) is 11.5 Å². The van der Waals surface area contributed by atoms with Gasteiger partial charge < -0.3 is 14.2 Å². The predicted octanol–water partition coefficient (Wildman–Crippen LogP) is 4.05. The van der Waals surface area contributed by atoms with Gasteiger partial charge in [0.25, 0.3) is 0 Å². The van der Waals surface area contributed by atoms with Gasteiger partial charge in [-0.15, -0.1) is 0 Å². The lowest BCUT2D eigenvalue weighted by Gasteiger charge is -2.28. The van der Waals surface area contributed by atoms with Gasteiger partial charge in [0.2, 0.25) is 29.0 Å². The maximum absolute atomic E-state index is 14.1. The van der Waals surface area contributed by atoms with Crippen LogP contribution in [0.15, 0.2) is 66.7 Å². The van der Waals surface area contributed by atoms with E-state index in [1.54, 1.807) is 48.5 Å². The molecule has 2 aliphatic heterocycles. The first-order valence-electron chi connectivity index (χ1n) is 11.6. The molecule has 2 saturated heterocycles. The fourth-order valence-corrected chi connectivity index (χ4v) is 5.96. The van der Waals surface area contributed by atoms with Crippen molar-refractivity contribution in [1.82, 2.24) is 0 Å². The first-order valence-corrected chi connectivity index (χ1v) is 11.9. The fourth-order valence-electron chi connectivity index (χ4n) is 5.71. The average Bonchev–Trinajstić information content (AvgIpc) is 3.48. The molecule has 0 bridgehead atoms. The van der Waals surface area contributed by atoms with Crippen molar-refractivity contribution in [3.05, 3.63) is 88.4 Å². The second-order valence-electron chi connectivity index (χ2n) is 9.05. The molecule has 0 aromatic heterocycles. The highest BCUT2D eigenvalue weighted by atomic mass is 35.5. The van der Waals surface area contributed by atoms with Gasteiger partial charge in [0.05, 0.1) is 37.8 Å². The minimum atomic E-state index is -2.18. The van der Waals surface area contributed by atoms with E-state index in [1.807, 2.05) is 0 Å². The van der Waals surface area contributed by atoms with Gasteiger partial charge in [0, 0.05) is 27.8 Å². The third-order valence-corrected chi connectivity index (χ3v) is 7.70. The van der Waals surface area contributed by atoms with E-state index in [0.29, 0.717) is 16.3 Å². The fraction of sp³-hybridized carbons (Fsp3) is 0.214. The number of halogens is 1. The van der Waals surface area contributed by atoms with E-state index < -0.39 is 46.9 Å². The molecule has 1 spiro atoms. The second-order valence-corrected chi connectivity index (χ2v) is 9.46. The number of ether oxygens (including phenoxy) is 3. The summed E-state index contributed by atoms with van der Waals surface area (Å²) in [6.07, 6.45) is -1.10. The van der Waals surface area contributed by atoms with Gasteiger partial charge in [0.1, 0.15) is 11.5 Å². The zero-order chi connectivity index (χ0) is 26.1. The van der Waals surface area contributed by atoms with Crippen LogP contribution in [0.1, 0.15) is 32.4 Å². The standard InChI is InChI=1S/C28H20ClNO7/c1-35-14-11-12-19(20(13-14)36-2)30-26(33)21-22(27(30)34)28(37-23(21)17-9-5-6-10-18(17)29)24(31)15-7-3-4-8-16(15)25(28)32/h3-13,21-23H,1-2H3/t21-,22-,23+/m0/s1. The molecule has 2 fully saturated rings. The Bertz CT molecular complexity index is 1480. The number of methoxy groups -OCH3 is 2. The molecule has 2 heterocycles. The highest BCUT2D eigenvalue weighted by Gasteiger charge is 2.75. The lowest BCUT2D eigenvalue weighted by molar-refractivity contribution is -0.127. The molecule has 8 nitrogen and oxygen atoms in total. The van der Waals surface area contributed by atoms with E-state index >= 15 is 0 Å². The van der Waals surface area contributed by atoms with E-state index in [0.717, 1.165) is 4.90 Å². The number of carbonyl (C=O) groups is 4. The Labute approximate surface area is 216 Å². The van der Waals surface area contributed by atoms with Crippen LogP contribution in [0.3, 0.4) is 0 Å². The number of anilines is 1. The van der Waals surface area contributed by atoms with Gasteiger partial charge in [-0.05, 0) is 18.2 Å². The molecular formula is C28H20ClNO7. The second kappa shape index (κ2) is 8.26. The summed E-state index contributed by atoms with van der Waals surface area (Å²) < 4.78 is 17.0. The van der Waals surface area contributed by atoms with Gasteiger partial charge in [-0.1, -0.05) is 54.1 Å². The summed E-state index contributed by atoms with van der Waals surface area (Å²) in [5.41, 5.74) is -1.27. The zero-order valence-corrected chi connectivity index (χ0v) is 20.5. The number of amides is 2. The highest BCUT2D eigenvalue weighted by Crippen LogP contribution is 2.58. The van der Waals surface area contributed by atoms with Crippen LogP contribution < -0.4 is 14.4 Å². The summed E-state index contributed by atoms with van der Waals surface area (Å²) >= 11 is 6.48. The van der Waals surface area contributed by atoms with Crippen molar-refractivity contribution in [3.8, 4) is 11.5 Å². The number of Topliss-reactive ketones (excluding diaryl/α,β-unsaturated/α-hetero) is 2. The molecule has 0 radical (unpaired) electrons. The number of ketones is 2. The molecule has 37 heavy (non-hydrogen) atoms. The number of carbonyl (C=O) groups excluding carboxylic acids is 4. The predicted molar refractivity (Wildman–Crippen MR) is 132 cm³/mol. The summed E-state index contributed by atoms with van der Waals surface area (Å²) in [5.74, 6) is -4.48. The minimum Gasteiger partial charge on any atom is -0.497 e. The van der Waals surface area contributed by atoms with Crippen molar-refractivity contribution < 1.29 is 33.4 Å². The lowest BCUT2D eigenvalue weighted by Crippen LogP contribution is -2.51. The number of hydrogen-bond acceptors (Lipinski definition) is 7. The summed E-state index contributed by atoms with van der Waals surface area (Å²) in [5, 5.41) is 0.291. The van der Waals surface area contributed by atoms with Crippen molar-refractivity contribution in [2.75, 3.05) is 19.1 Å². The Balaban J connectivity index is 1.56. The number of benzene rings is 3.